The van der Waals surface area contributed by atoms with Gasteiger partial charge in [-0.05, 0) is 13.0 Å². The smallest absolute Gasteiger partial charge is 0.157 e. The van der Waals surface area contributed by atoms with Crippen molar-refractivity contribution in [2.24, 2.45) is 0 Å². The summed E-state index contributed by atoms with van der Waals surface area (Å²) in [6.07, 6.45) is 2.43. The van der Waals surface area contributed by atoms with Gasteiger partial charge in [-0.25, -0.2) is 9.97 Å². The molecule has 3 N–H and O–H groups in total. The highest BCUT2D eigenvalue weighted by Gasteiger charge is 2.09. The van der Waals surface area contributed by atoms with Gasteiger partial charge in [0.2, 0.25) is 0 Å². The molecule has 1 aliphatic heterocycles. The van der Waals surface area contributed by atoms with Crippen molar-refractivity contribution in [2.45, 2.75) is 6.42 Å². The lowest BCUT2D eigenvalue weighted by Gasteiger charge is -2.26. The van der Waals surface area contributed by atoms with Gasteiger partial charge in [-0.15, -0.1) is 0 Å². The van der Waals surface area contributed by atoms with E-state index in [9.17, 15) is 0 Å². The van der Waals surface area contributed by atoms with Crippen LogP contribution in [0.3, 0.4) is 0 Å². The number of nitrogens with one attached hydrogen (secondary N) is 1. The number of halogens is 1. The largest absolute Gasteiger partial charge is 0.393 e. The van der Waals surface area contributed by atoms with Crippen molar-refractivity contribution in [1.29, 1.82) is 0 Å². The van der Waals surface area contributed by atoms with E-state index in [0.717, 1.165) is 45.8 Å². The summed E-state index contributed by atoms with van der Waals surface area (Å²) in [6, 6.07) is 0. The van der Waals surface area contributed by atoms with Crippen LogP contribution in [0, 0.1) is 0 Å². The van der Waals surface area contributed by atoms with E-state index in [0.29, 0.717) is 16.7 Å². The van der Waals surface area contributed by atoms with Gasteiger partial charge in [-0.3, -0.25) is 4.90 Å². The van der Waals surface area contributed by atoms with Gasteiger partial charge in [0.1, 0.15) is 12.0 Å². The number of hydrogen-bond acceptors (Lipinski definition) is 6. The molecule has 2 rings (SSSR count). The van der Waals surface area contributed by atoms with Gasteiger partial charge in [0.25, 0.3) is 0 Å². The van der Waals surface area contributed by atoms with E-state index in [1.807, 2.05) is 0 Å². The predicted molar refractivity (Wildman–Crippen MR) is 71.8 cm³/mol. The molecule has 7 heteroatoms. The molecule has 0 saturated carbocycles. The van der Waals surface area contributed by atoms with Crippen molar-refractivity contribution < 1.29 is 4.74 Å². The molecule has 1 aromatic heterocycles. The lowest BCUT2D eigenvalue weighted by atomic mass is 10.3. The number of morpholine rings is 1. The molecule has 6 nitrogen and oxygen atoms in total. The second-order valence-electron chi connectivity index (χ2n) is 4.16. The number of anilines is 2. The normalized spacial score (nSPS) is 16.7. The minimum atomic E-state index is 0.292. The number of nitrogens with two attached hydrogens (primary N) is 1. The number of rotatable bonds is 5. The first-order valence-corrected chi connectivity index (χ1v) is 6.45. The van der Waals surface area contributed by atoms with E-state index in [4.69, 9.17) is 22.1 Å². The van der Waals surface area contributed by atoms with Crippen LogP contribution in [-0.2, 0) is 4.74 Å². The molecule has 100 valence electrons. The first kappa shape index (κ1) is 13.3. The van der Waals surface area contributed by atoms with Crippen LogP contribution >= 0.6 is 11.6 Å². The SMILES string of the molecule is Nc1c(Cl)ncnc1NCCCN1CCOCC1. The molecule has 1 aromatic rings. The lowest BCUT2D eigenvalue weighted by Crippen LogP contribution is -2.37. The van der Waals surface area contributed by atoms with E-state index in [2.05, 4.69) is 20.2 Å². The van der Waals surface area contributed by atoms with E-state index in [1.54, 1.807) is 0 Å². The minimum Gasteiger partial charge on any atom is -0.393 e. The monoisotopic (exact) mass is 271 g/mol. The zero-order valence-electron chi connectivity index (χ0n) is 10.2. The van der Waals surface area contributed by atoms with Gasteiger partial charge >= 0.3 is 0 Å². The van der Waals surface area contributed by atoms with Crippen molar-refractivity contribution in [2.75, 3.05) is 50.4 Å². The van der Waals surface area contributed by atoms with E-state index >= 15 is 0 Å². The third-order valence-electron chi connectivity index (χ3n) is 2.88. The maximum absolute atomic E-state index is 5.81. The Morgan fingerprint density at radius 1 is 1.39 bits per heavy atom. The van der Waals surface area contributed by atoms with Crippen LogP contribution in [0.2, 0.25) is 5.15 Å². The standard InChI is InChI=1S/C11H18ClN5O/c12-10-9(13)11(16-8-15-10)14-2-1-3-17-4-6-18-7-5-17/h8H,1-7,13H2,(H,14,15,16). The summed E-state index contributed by atoms with van der Waals surface area (Å²) < 4.78 is 5.30. The highest BCUT2D eigenvalue weighted by Crippen LogP contribution is 2.21. The molecule has 1 saturated heterocycles. The fourth-order valence-electron chi connectivity index (χ4n) is 1.85. The molecule has 0 unspecified atom stereocenters. The van der Waals surface area contributed by atoms with Crippen molar-refractivity contribution in [3.63, 3.8) is 0 Å². The number of nitrogen functional groups attached to an aromatic ring is 1. The van der Waals surface area contributed by atoms with Gasteiger partial charge in [0.15, 0.2) is 11.0 Å². The van der Waals surface area contributed by atoms with Crippen LogP contribution in [0.15, 0.2) is 6.33 Å². The molecule has 0 atom stereocenters. The third kappa shape index (κ3) is 3.69. The van der Waals surface area contributed by atoms with Gasteiger partial charge in [-0.2, -0.15) is 0 Å². The second-order valence-corrected chi connectivity index (χ2v) is 4.52. The fraction of sp³-hybridized carbons (Fsp3) is 0.636. The molecule has 0 spiro atoms. The minimum absolute atomic E-state index is 0.292. The average molecular weight is 272 g/mol. The maximum Gasteiger partial charge on any atom is 0.157 e. The second kappa shape index (κ2) is 6.72. The molecule has 0 aliphatic carbocycles. The highest BCUT2D eigenvalue weighted by molar-refractivity contribution is 6.32. The Labute approximate surface area is 111 Å². The zero-order valence-corrected chi connectivity index (χ0v) is 11.0. The molecule has 0 amide bonds. The molecule has 0 bridgehead atoms. The van der Waals surface area contributed by atoms with E-state index in [-0.39, 0.29) is 0 Å². The van der Waals surface area contributed by atoms with Crippen LogP contribution in [0.25, 0.3) is 0 Å². The molecule has 2 heterocycles. The third-order valence-corrected chi connectivity index (χ3v) is 3.18. The molecule has 0 radical (unpaired) electrons. The Morgan fingerprint density at radius 3 is 2.94 bits per heavy atom. The highest BCUT2D eigenvalue weighted by atomic mass is 35.5. The summed E-state index contributed by atoms with van der Waals surface area (Å²) in [6.45, 7) is 5.57. The Morgan fingerprint density at radius 2 is 2.17 bits per heavy atom. The summed E-state index contributed by atoms with van der Waals surface area (Å²) in [5.74, 6) is 0.608. The van der Waals surface area contributed by atoms with Crippen molar-refractivity contribution in [1.82, 2.24) is 14.9 Å². The predicted octanol–water partition coefficient (Wildman–Crippen LogP) is 0.846. The van der Waals surface area contributed by atoms with Gasteiger partial charge in [-0.1, -0.05) is 11.6 Å². The zero-order chi connectivity index (χ0) is 12.8. The van der Waals surface area contributed by atoms with Gasteiger partial charge in [0.05, 0.1) is 13.2 Å². The quantitative estimate of drug-likeness (QED) is 0.611. The lowest BCUT2D eigenvalue weighted by molar-refractivity contribution is 0.0378. The van der Waals surface area contributed by atoms with E-state index < -0.39 is 0 Å². The van der Waals surface area contributed by atoms with Crippen molar-refractivity contribution in [3.8, 4) is 0 Å². The summed E-state index contributed by atoms with van der Waals surface area (Å²) in [5, 5.41) is 3.47. The van der Waals surface area contributed by atoms with Crippen LogP contribution in [-0.4, -0.2) is 54.3 Å². The molecule has 1 fully saturated rings. The summed E-state index contributed by atoms with van der Waals surface area (Å²) >= 11 is 5.81. The summed E-state index contributed by atoms with van der Waals surface area (Å²) in [7, 11) is 0. The number of aromatic nitrogens is 2. The fourth-order valence-corrected chi connectivity index (χ4v) is 1.98. The van der Waals surface area contributed by atoms with Crippen LogP contribution in [0.4, 0.5) is 11.5 Å². The summed E-state index contributed by atoms with van der Waals surface area (Å²) in [4.78, 5) is 10.3. The van der Waals surface area contributed by atoms with Crippen LogP contribution in [0.5, 0.6) is 0 Å². The number of ether oxygens (including phenoxy) is 1. The van der Waals surface area contributed by atoms with Crippen molar-refractivity contribution in [3.05, 3.63) is 11.5 Å². The Bertz CT molecular complexity index is 384. The Hall–Kier alpha value is -1.11. The molecular weight excluding hydrogens is 254 g/mol. The Kier molecular flexibility index (Phi) is 4.98. The first-order chi connectivity index (χ1) is 8.77. The average Bonchev–Trinajstić information content (AvgIpc) is 2.40. The summed E-state index contributed by atoms with van der Waals surface area (Å²) in [5.41, 5.74) is 6.17. The van der Waals surface area contributed by atoms with Crippen molar-refractivity contribution >= 4 is 23.1 Å². The number of hydrogen-bond donors (Lipinski definition) is 2. The molecule has 18 heavy (non-hydrogen) atoms. The van der Waals surface area contributed by atoms with Gasteiger partial charge in [0, 0.05) is 19.6 Å². The van der Waals surface area contributed by atoms with Crippen LogP contribution in [0.1, 0.15) is 6.42 Å². The first-order valence-electron chi connectivity index (χ1n) is 6.07. The topological polar surface area (TPSA) is 76.3 Å². The number of nitrogens with zero attached hydrogens (tertiary/aromatic N) is 3. The Balaban J connectivity index is 1.70. The van der Waals surface area contributed by atoms with Crippen LogP contribution < -0.4 is 11.1 Å². The maximum atomic E-state index is 5.81. The molecule has 0 aromatic carbocycles. The molecule has 1 aliphatic rings. The van der Waals surface area contributed by atoms with E-state index in [1.165, 1.54) is 6.33 Å². The van der Waals surface area contributed by atoms with Gasteiger partial charge < -0.3 is 15.8 Å². The molecular formula is C11H18ClN5O.